The third-order valence-corrected chi connectivity index (χ3v) is 5.73. The fraction of sp³-hybridized carbons (Fsp3) is 0.200. The molecule has 0 saturated heterocycles. The van der Waals surface area contributed by atoms with E-state index in [-0.39, 0.29) is 5.91 Å². The number of nitrogens with zero attached hydrogens (tertiary/aromatic N) is 6. The van der Waals surface area contributed by atoms with Crippen LogP contribution in [0.25, 0.3) is 28.0 Å². The van der Waals surface area contributed by atoms with Gasteiger partial charge in [0.25, 0.3) is 0 Å². The van der Waals surface area contributed by atoms with Crippen LogP contribution in [0, 0.1) is 6.92 Å². The molecule has 0 spiro atoms. The van der Waals surface area contributed by atoms with Gasteiger partial charge in [-0.15, -0.1) is 0 Å². The standard InChI is InChI=1S/C25H26ClN7O/c1-16-7-12-19(32(4)21(34)6-5-13-31(2)3)14-20(16)33-25-22(24(27)28-15-29-25)23(30-33)17-8-10-18(26)11-9-17/h5-12,14-15H,13H2,1-4H3,(H2,27,28,29)/b6-5+. The highest BCUT2D eigenvalue weighted by atomic mass is 35.5. The summed E-state index contributed by atoms with van der Waals surface area (Å²) in [5, 5.41) is 6.15. The van der Waals surface area contributed by atoms with Crippen molar-refractivity contribution < 1.29 is 4.79 Å². The van der Waals surface area contributed by atoms with E-state index in [9.17, 15) is 4.79 Å². The van der Waals surface area contributed by atoms with Crippen molar-refractivity contribution in [3.63, 3.8) is 0 Å². The van der Waals surface area contributed by atoms with E-state index in [1.807, 2.05) is 62.3 Å². The zero-order valence-corrected chi connectivity index (χ0v) is 20.3. The number of anilines is 2. The number of benzene rings is 2. The molecule has 8 nitrogen and oxygen atoms in total. The number of aromatic nitrogens is 4. The Morgan fingerprint density at radius 1 is 1.12 bits per heavy atom. The van der Waals surface area contributed by atoms with Crippen LogP contribution in [-0.2, 0) is 4.79 Å². The summed E-state index contributed by atoms with van der Waals surface area (Å²) in [5.74, 6) is 0.226. The van der Waals surface area contributed by atoms with E-state index in [1.165, 1.54) is 6.33 Å². The van der Waals surface area contributed by atoms with E-state index in [2.05, 4.69) is 9.97 Å². The molecule has 9 heteroatoms. The summed E-state index contributed by atoms with van der Waals surface area (Å²) in [7, 11) is 5.65. The summed E-state index contributed by atoms with van der Waals surface area (Å²) in [6, 6.07) is 13.2. The number of nitrogen functional groups attached to an aromatic ring is 1. The summed E-state index contributed by atoms with van der Waals surface area (Å²) >= 11 is 6.08. The lowest BCUT2D eigenvalue weighted by Gasteiger charge is -2.18. The molecule has 0 bridgehead atoms. The molecule has 1 amide bonds. The third kappa shape index (κ3) is 4.64. The van der Waals surface area contributed by atoms with Gasteiger partial charge in [-0.1, -0.05) is 35.9 Å². The second kappa shape index (κ2) is 9.62. The van der Waals surface area contributed by atoms with Gasteiger partial charge in [0.1, 0.15) is 17.8 Å². The minimum absolute atomic E-state index is 0.115. The summed E-state index contributed by atoms with van der Waals surface area (Å²) in [6.07, 6.45) is 4.84. The summed E-state index contributed by atoms with van der Waals surface area (Å²) in [5.41, 5.74) is 10.8. The highest BCUT2D eigenvalue weighted by molar-refractivity contribution is 6.30. The van der Waals surface area contributed by atoms with Gasteiger partial charge in [-0.2, -0.15) is 5.10 Å². The molecule has 0 saturated carbocycles. The molecule has 174 valence electrons. The smallest absolute Gasteiger partial charge is 0.250 e. The molecule has 0 aliphatic rings. The normalized spacial score (nSPS) is 11.6. The predicted octanol–water partition coefficient (Wildman–Crippen LogP) is 4.11. The molecule has 0 aliphatic heterocycles. The number of amides is 1. The van der Waals surface area contributed by atoms with Crippen LogP contribution in [0.4, 0.5) is 11.5 Å². The number of carbonyl (C=O) groups is 1. The number of aryl methyl sites for hydroxylation is 1. The van der Waals surface area contributed by atoms with E-state index < -0.39 is 0 Å². The highest BCUT2D eigenvalue weighted by Gasteiger charge is 2.20. The van der Waals surface area contributed by atoms with Crippen molar-refractivity contribution in [3.05, 3.63) is 71.5 Å². The molecule has 2 aromatic carbocycles. The fourth-order valence-electron chi connectivity index (χ4n) is 3.59. The molecule has 0 aliphatic carbocycles. The maximum absolute atomic E-state index is 12.7. The van der Waals surface area contributed by atoms with Gasteiger partial charge in [-0.3, -0.25) is 4.79 Å². The van der Waals surface area contributed by atoms with Crippen molar-refractivity contribution in [1.82, 2.24) is 24.6 Å². The van der Waals surface area contributed by atoms with Crippen LogP contribution in [-0.4, -0.2) is 58.2 Å². The van der Waals surface area contributed by atoms with Gasteiger partial charge >= 0.3 is 0 Å². The molecule has 4 rings (SSSR count). The Morgan fingerprint density at radius 2 is 1.85 bits per heavy atom. The molecular weight excluding hydrogens is 450 g/mol. The van der Waals surface area contributed by atoms with Crippen LogP contribution in [0.5, 0.6) is 0 Å². The Labute approximate surface area is 203 Å². The first-order valence-electron chi connectivity index (χ1n) is 10.7. The van der Waals surface area contributed by atoms with Crippen molar-refractivity contribution in [2.24, 2.45) is 0 Å². The summed E-state index contributed by atoms with van der Waals surface area (Å²) in [6.45, 7) is 2.67. The molecule has 0 unspecified atom stereocenters. The number of hydrogen-bond acceptors (Lipinski definition) is 6. The third-order valence-electron chi connectivity index (χ3n) is 5.48. The van der Waals surface area contributed by atoms with Crippen molar-refractivity contribution in [3.8, 4) is 16.9 Å². The van der Waals surface area contributed by atoms with Gasteiger partial charge < -0.3 is 15.5 Å². The molecule has 0 radical (unpaired) electrons. The second-order valence-corrected chi connectivity index (χ2v) is 8.69. The Kier molecular flexibility index (Phi) is 6.63. The minimum Gasteiger partial charge on any atom is -0.383 e. The van der Waals surface area contributed by atoms with E-state index in [0.717, 1.165) is 22.5 Å². The number of carbonyl (C=O) groups excluding carboxylic acids is 1. The van der Waals surface area contributed by atoms with Gasteiger partial charge in [-0.05, 0) is 50.8 Å². The SMILES string of the molecule is Cc1ccc(N(C)C(=O)/C=C/CN(C)C)cc1-n1nc(-c2ccc(Cl)cc2)c2c(N)ncnc21. The number of fused-ring (bicyclic) bond motifs is 1. The van der Waals surface area contributed by atoms with E-state index >= 15 is 0 Å². The lowest BCUT2D eigenvalue weighted by Crippen LogP contribution is -2.24. The van der Waals surface area contributed by atoms with E-state index in [1.54, 1.807) is 34.8 Å². The fourth-order valence-corrected chi connectivity index (χ4v) is 3.72. The number of rotatable bonds is 6. The van der Waals surface area contributed by atoms with Crippen molar-refractivity contribution in [1.29, 1.82) is 0 Å². The summed E-state index contributed by atoms with van der Waals surface area (Å²) < 4.78 is 1.75. The average Bonchev–Trinajstić information content (AvgIpc) is 3.20. The molecule has 0 atom stereocenters. The van der Waals surface area contributed by atoms with Crippen LogP contribution in [0.3, 0.4) is 0 Å². The average molecular weight is 476 g/mol. The Bertz CT molecular complexity index is 1380. The molecule has 0 fully saturated rings. The topological polar surface area (TPSA) is 93.2 Å². The molecule has 2 heterocycles. The molecule has 4 aromatic rings. The van der Waals surface area contributed by atoms with Gasteiger partial charge in [-0.25, -0.2) is 14.6 Å². The molecule has 2 aromatic heterocycles. The number of halogens is 1. The molecule has 2 N–H and O–H groups in total. The summed E-state index contributed by atoms with van der Waals surface area (Å²) in [4.78, 5) is 24.9. The quantitative estimate of drug-likeness (QED) is 0.422. The van der Waals surface area contributed by atoms with Crippen LogP contribution in [0.15, 0.2) is 60.9 Å². The largest absolute Gasteiger partial charge is 0.383 e. The molecule has 34 heavy (non-hydrogen) atoms. The van der Waals surface area contributed by atoms with Crippen LogP contribution in [0.1, 0.15) is 5.56 Å². The zero-order chi connectivity index (χ0) is 24.4. The monoisotopic (exact) mass is 475 g/mol. The number of nitrogens with two attached hydrogens (primary N) is 1. The highest BCUT2D eigenvalue weighted by Crippen LogP contribution is 2.33. The second-order valence-electron chi connectivity index (χ2n) is 8.26. The minimum atomic E-state index is -0.115. The van der Waals surface area contributed by atoms with Crippen molar-refractivity contribution in [2.75, 3.05) is 38.3 Å². The van der Waals surface area contributed by atoms with Gasteiger partial charge in [0.2, 0.25) is 5.91 Å². The maximum atomic E-state index is 12.7. The Hall–Kier alpha value is -3.75. The van der Waals surface area contributed by atoms with Crippen LogP contribution in [0.2, 0.25) is 5.02 Å². The molecular formula is C25H26ClN7O. The predicted molar refractivity (Wildman–Crippen MR) is 137 cm³/mol. The first kappa shape index (κ1) is 23.4. The first-order chi connectivity index (χ1) is 16.3. The van der Waals surface area contributed by atoms with E-state index in [0.29, 0.717) is 34.1 Å². The lowest BCUT2D eigenvalue weighted by atomic mass is 10.1. The zero-order valence-electron chi connectivity index (χ0n) is 19.5. The van der Waals surface area contributed by atoms with Gasteiger partial charge in [0.05, 0.1) is 11.1 Å². The van der Waals surface area contributed by atoms with Crippen molar-refractivity contribution >= 4 is 40.0 Å². The maximum Gasteiger partial charge on any atom is 0.250 e. The van der Waals surface area contributed by atoms with Crippen molar-refractivity contribution in [2.45, 2.75) is 6.92 Å². The van der Waals surface area contributed by atoms with Gasteiger partial charge in [0, 0.05) is 35.9 Å². The van der Waals surface area contributed by atoms with Crippen LogP contribution < -0.4 is 10.6 Å². The first-order valence-corrected chi connectivity index (χ1v) is 11.1. The van der Waals surface area contributed by atoms with Gasteiger partial charge in [0.15, 0.2) is 5.65 Å². The number of likely N-dealkylation sites (N-methyl/N-ethyl adjacent to an activating group) is 2. The lowest BCUT2D eigenvalue weighted by molar-refractivity contribution is -0.113. The number of hydrogen-bond donors (Lipinski definition) is 1. The van der Waals surface area contributed by atoms with Crippen LogP contribution >= 0.6 is 11.6 Å². The Balaban J connectivity index is 1.81. The Morgan fingerprint density at radius 3 is 2.56 bits per heavy atom. The van der Waals surface area contributed by atoms with E-state index in [4.69, 9.17) is 22.4 Å².